The van der Waals surface area contributed by atoms with Crippen molar-refractivity contribution in [1.29, 1.82) is 0 Å². The zero-order chi connectivity index (χ0) is 71.3. The fourth-order valence-electron chi connectivity index (χ4n) is 12.1. The van der Waals surface area contributed by atoms with Gasteiger partial charge in [-0.15, -0.1) is 0 Å². The number of amides is 4. The first-order chi connectivity index (χ1) is 45.2. The fourth-order valence-corrected chi connectivity index (χ4v) is 12.1. The molecule has 7 aliphatic heterocycles. The van der Waals surface area contributed by atoms with Crippen molar-refractivity contribution in [2.45, 2.75) is 254 Å². The molecule has 0 aromatic heterocycles. The predicted octanol–water partition coefficient (Wildman–Crippen LogP) is -16.5. The Morgan fingerprint density at radius 3 is 1.24 bits per heavy atom. The molecule has 43 nitrogen and oxygen atoms in total. The van der Waals surface area contributed by atoms with Crippen LogP contribution >= 0.6 is 0 Å². The van der Waals surface area contributed by atoms with Crippen molar-refractivity contribution in [3.8, 4) is 0 Å². The Morgan fingerprint density at radius 1 is 0.427 bits per heavy atom. The molecule has 4 amide bonds. The van der Waals surface area contributed by atoms with Gasteiger partial charge in [-0.2, -0.15) is 0 Å². The molecule has 554 valence electrons. The molecule has 0 aromatic rings. The van der Waals surface area contributed by atoms with Crippen LogP contribution in [-0.2, 0) is 85.6 Å². The molecule has 7 rings (SSSR count). The maximum atomic E-state index is 12.8. The molecule has 0 saturated carbocycles. The van der Waals surface area contributed by atoms with Crippen molar-refractivity contribution in [3.63, 3.8) is 0 Å². The summed E-state index contributed by atoms with van der Waals surface area (Å²) in [4.78, 5) is 62.1. The van der Waals surface area contributed by atoms with E-state index < -0.39 is 303 Å². The number of carbonyl (C=O) groups is 5. The molecule has 43 heteroatoms. The van der Waals surface area contributed by atoms with Crippen LogP contribution in [0.5, 0.6) is 0 Å². The molecule has 0 bridgehead atoms. The van der Waals surface area contributed by atoms with E-state index in [-0.39, 0.29) is 0 Å². The largest absolute Gasteiger partial charge is 0.477 e. The highest BCUT2D eigenvalue weighted by atomic mass is 16.8. The van der Waals surface area contributed by atoms with Crippen molar-refractivity contribution in [2.24, 2.45) is 0 Å². The summed E-state index contributed by atoms with van der Waals surface area (Å²) in [5, 5.41) is 238. The molecular formula is C53H88N4O39. The number of hydrogen-bond acceptors (Lipinski definition) is 38. The van der Waals surface area contributed by atoms with Crippen LogP contribution in [0, 0.1) is 0 Å². The number of aliphatic hydroxyl groups is 20. The highest BCUT2D eigenvalue weighted by Crippen LogP contribution is 2.39. The first-order valence-corrected chi connectivity index (χ1v) is 30.2. The third-order valence-corrected chi connectivity index (χ3v) is 17.1. The third kappa shape index (κ3) is 17.7. The molecule has 7 saturated heterocycles. The highest BCUT2D eigenvalue weighted by molar-refractivity contribution is 5.77. The van der Waals surface area contributed by atoms with Gasteiger partial charge in [-0.25, -0.2) is 4.79 Å². The summed E-state index contributed by atoms with van der Waals surface area (Å²) in [7, 11) is 0. The topological polar surface area (TPSA) is 678 Å². The summed E-state index contributed by atoms with van der Waals surface area (Å²) < 4.78 is 75.1. The van der Waals surface area contributed by atoms with Gasteiger partial charge in [-0.3, -0.25) is 19.2 Å². The summed E-state index contributed by atoms with van der Waals surface area (Å²) in [6.45, 7) is -3.42. The lowest BCUT2D eigenvalue weighted by Crippen LogP contribution is -2.70. The van der Waals surface area contributed by atoms with Crippen LogP contribution < -0.4 is 21.3 Å². The van der Waals surface area contributed by atoms with E-state index >= 15 is 0 Å². The van der Waals surface area contributed by atoms with Gasteiger partial charge in [0.15, 0.2) is 37.7 Å². The van der Waals surface area contributed by atoms with Gasteiger partial charge in [-0.1, -0.05) is 0 Å². The van der Waals surface area contributed by atoms with E-state index in [4.69, 9.17) is 61.6 Å². The lowest BCUT2D eigenvalue weighted by atomic mass is 9.88. The summed E-state index contributed by atoms with van der Waals surface area (Å²) in [6.07, 6.45) is -63.5. The Hall–Kier alpha value is -3.97. The van der Waals surface area contributed by atoms with Crippen molar-refractivity contribution < 1.29 is 193 Å². The zero-order valence-electron chi connectivity index (χ0n) is 51.6. The number of rotatable bonds is 26. The molecule has 7 heterocycles. The molecule has 25 N–H and O–H groups in total. The van der Waals surface area contributed by atoms with Crippen LogP contribution in [0.25, 0.3) is 0 Å². The molecule has 0 aliphatic carbocycles. The van der Waals surface area contributed by atoms with E-state index in [0.717, 1.165) is 27.7 Å². The van der Waals surface area contributed by atoms with Crippen LogP contribution in [0.15, 0.2) is 0 Å². The normalized spacial score (nSPS) is 46.0. The number of carboxylic acid groups (broad SMARTS) is 1. The van der Waals surface area contributed by atoms with E-state index in [2.05, 4.69) is 21.3 Å². The quantitative estimate of drug-likeness (QED) is 0.0382. The van der Waals surface area contributed by atoms with Crippen molar-refractivity contribution in [3.05, 3.63) is 0 Å². The van der Waals surface area contributed by atoms with Crippen molar-refractivity contribution in [2.75, 3.05) is 46.2 Å². The predicted molar refractivity (Wildman–Crippen MR) is 295 cm³/mol. The number of nitrogens with one attached hydrogen (secondary N) is 4. The van der Waals surface area contributed by atoms with E-state index in [1.165, 1.54) is 0 Å². The van der Waals surface area contributed by atoms with E-state index in [0.29, 0.717) is 0 Å². The maximum Gasteiger partial charge on any atom is 0.364 e. The monoisotopic (exact) mass is 1400 g/mol. The second kappa shape index (κ2) is 34.1. The minimum absolute atomic E-state index is 0.728. The molecule has 7 fully saturated rings. The number of hydrogen-bond donors (Lipinski definition) is 25. The van der Waals surface area contributed by atoms with Crippen LogP contribution in [0.4, 0.5) is 0 Å². The van der Waals surface area contributed by atoms with Crippen molar-refractivity contribution >= 4 is 29.6 Å². The Morgan fingerprint density at radius 2 is 0.802 bits per heavy atom. The average molecular weight is 1410 g/mol. The highest BCUT2D eigenvalue weighted by Gasteiger charge is 2.60. The lowest BCUT2D eigenvalue weighted by molar-refractivity contribution is -0.381. The third-order valence-electron chi connectivity index (χ3n) is 17.1. The fraction of sp³-hybridized carbons (Fsp3) is 0.906. The Kier molecular flexibility index (Phi) is 28.2. The molecule has 96 heavy (non-hydrogen) atoms. The zero-order valence-corrected chi connectivity index (χ0v) is 51.6. The van der Waals surface area contributed by atoms with Crippen LogP contribution in [0.3, 0.4) is 0 Å². The molecule has 7 aliphatic rings. The number of aliphatic carboxylic acids is 1. The van der Waals surface area contributed by atoms with Gasteiger partial charge < -0.3 is 190 Å². The molecule has 0 unspecified atom stereocenters. The number of ether oxygens (including phenoxy) is 13. The second-order valence-electron chi connectivity index (χ2n) is 24.0. The summed E-state index contributed by atoms with van der Waals surface area (Å²) in [5.74, 6) is -8.33. The minimum Gasteiger partial charge on any atom is -0.477 e. The van der Waals surface area contributed by atoms with Gasteiger partial charge in [0.1, 0.15) is 165 Å². The number of aliphatic hydroxyl groups excluding tert-OH is 20. The smallest absolute Gasteiger partial charge is 0.364 e. The molecule has 36 atom stereocenters. The maximum absolute atomic E-state index is 12.8. The van der Waals surface area contributed by atoms with E-state index in [1.807, 2.05) is 0 Å². The molecule has 0 radical (unpaired) electrons. The molecular weight excluding hydrogens is 1320 g/mol. The van der Waals surface area contributed by atoms with Gasteiger partial charge >= 0.3 is 5.97 Å². The average Bonchev–Trinajstić information content (AvgIpc) is 0.761. The van der Waals surface area contributed by atoms with Crippen LogP contribution in [0.2, 0.25) is 0 Å². The molecule has 0 aromatic carbocycles. The first kappa shape index (κ1) is 79.4. The van der Waals surface area contributed by atoms with Crippen molar-refractivity contribution in [1.82, 2.24) is 21.3 Å². The van der Waals surface area contributed by atoms with Crippen LogP contribution in [0.1, 0.15) is 34.1 Å². The number of carbonyl (C=O) groups excluding carboxylic acids is 4. The Balaban J connectivity index is 1.06. The SMILES string of the molecule is CC(=O)N[C@@H]1[C@@H](O)[C@H](O[C@@H]2O[C@H](CO)[C@@H](O[C@H]3O[C@H](CO[C@@H]4O[C@H](CO)[C@@H](O)[C@H](O)[C@@H]4O[C@H]4O[C@H](CO)[C@@H](O[C@@H]5O[C@H](CO[C@]6(C(=O)O)C[C@H](O)[C@@H](NC(C)=O)[C@H]([C@H](O)[C@H](O)CO)O6)[C@H](O)[C@H](O)[C@H]5O)[C@H](O)[C@H]4NC(C)=O)[C@@H](O)[C@H](O)[C@@H]3O)[C@H](O)[C@H]2NC(C)=O)[C@@H](CO)O[C@H]1O. The lowest BCUT2D eigenvalue weighted by Gasteiger charge is -2.50. The van der Waals surface area contributed by atoms with Crippen LogP contribution in [-0.4, -0.2) is 403 Å². The summed E-state index contributed by atoms with van der Waals surface area (Å²) in [6, 6.07) is -6.82. The second-order valence-corrected chi connectivity index (χ2v) is 24.0. The Labute approximate surface area is 543 Å². The van der Waals surface area contributed by atoms with Gasteiger partial charge in [-0.05, 0) is 0 Å². The van der Waals surface area contributed by atoms with Gasteiger partial charge in [0, 0.05) is 34.1 Å². The van der Waals surface area contributed by atoms with Gasteiger partial charge in [0.2, 0.25) is 23.6 Å². The first-order valence-electron chi connectivity index (χ1n) is 30.2. The summed E-state index contributed by atoms with van der Waals surface area (Å²) in [5.41, 5.74) is 0. The Bertz CT molecular complexity index is 2540. The van der Waals surface area contributed by atoms with E-state index in [1.54, 1.807) is 0 Å². The minimum atomic E-state index is -3.02. The standard InChI is InChI=1S/C53H88N4O39/c1-13(63)54-25-17(67)5-53(52(82)83,96-44(25)29(69)18(68)6-58)85-12-24-32(72)37(77)40(80)50(91-24)94-43-22(10-62)89-48(28(35(43)75)57-16(4)66)95-45-38(78)30(70)19(7-59)87-51(45)84-11-23-31(71)36(76)39(79)49(90-23)93-42-21(9-61)88-47(27(34(42)74)56-15(3)65)92-41-20(8-60)86-46(81)26(33(41)73)55-14(2)64/h17-51,58-62,67-81H,5-12H2,1-4H3,(H,54,63)(H,55,64)(H,56,65)(H,57,66)(H,82,83)/t17-,18+,19+,20+,21+,22+,23+,24+,25+,26+,27+,28+,29+,30+,31+,32-,33+,34+,35+,36-,37-,38-,39-,40+,41+,42+,43+,44+,45-,46+,47-,48+,49+,50-,51+,53+/m0/s1. The molecule has 0 spiro atoms. The number of carboxylic acids is 1. The summed E-state index contributed by atoms with van der Waals surface area (Å²) >= 11 is 0. The van der Waals surface area contributed by atoms with Gasteiger partial charge in [0.25, 0.3) is 5.79 Å². The van der Waals surface area contributed by atoms with E-state index in [9.17, 15) is 131 Å². The van der Waals surface area contributed by atoms with Gasteiger partial charge in [0.05, 0.1) is 58.4 Å².